The van der Waals surface area contributed by atoms with Crippen molar-refractivity contribution in [3.63, 3.8) is 0 Å². The van der Waals surface area contributed by atoms with Crippen molar-refractivity contribution in [1.82, 2.24) is 9.78 Å². The second-order valence-electron chi connectivity index (χ2n) is 4.18. The molecule has 0 radical (unpaired) electrons. The number of nitrogens with two attached hydrogens (primary N) is 1. The summed E-state index contributed by atoms with van der Waals surface area (Å²) in [7, 11) is -2.05. The highest BCUT2D eigenvalue weighted by molar-refractivity contribution is 7.89. The summed E-state index contributed by atoms with van der Waals surface area (Å²) in [6, 6.07) is 6.18. The van der Waals surface area contributed by atoms with Gasteiger partial charge >= 0.3 is 0 Å². The molecule has 0 aliphatic carbocycles. The lowest BCUT2D eigenvalue weighted by atomic mass is 10.3. The lowest BCUT2D eigenvalue weighted by Crippen LogP contribution is -2.15. The zero-order chi connectivity index (χ0) is 14.8. The molecule has 0 aliphatic heterocycles. The van der Waals surface area contributed by atoms with Crippen LogP contribution in [0.1, 0.15) is 5.69 Å². The van der Waals surface area contributed by atoms with Crippen LogP contribution >= 0.6 is 11.6 Å². The van der Waals surface area contributed by atoms with Gasteiger partial charge in [0.05, 0.1) is 6.61 Å². The molecule has 8 heteroatoms. The van der Waals surface area contributed by atoms with Gasteiger partial charge in [0.1, 0.15) is 10.6 Å². The molecule has 2 N–H and O–H groups in total. The Labute approximate surface area is 122 Å². The van der Waals surface area contributed by atoms with Gasteiger partial charge in [0.2, 0.25) is 10.0 Å². The van der Waals surface area contributed by atoms with Crippen molar-refractivity contribution in [2.75, 3.05) is 6.61 Å². The standard InChI is InChI=1S/C12H14ClN3O3S/c1-16-10(4-6-15-16)5-7-19-11-3-2-9(13)8-12(11)20(14,17)18/h2-4,6,8H,5,7H2,1H3,(H2,14,17,18). The Morgan fingerprint density at radius 2 is 2.15 bits per heavy atom. The number of aryl methyl sites for hydroxylation is 1. The maximum Gasteiger partial charge on any atom is 0.241 e. The Kier molecular flexibility index (Phi) is 4.32. The first-order chi connectivity index (χ1) is 9.38. The smallest absolute Gasteiger partial charge is 0.241 e. The topological polar surface area (TPSA) is 87.2 Å². The molecule has 6 nitrogen and oxygen atoms in total. The molecule has 1 aromatic heterocycles. The first-order valence-electron chi connectivity index (χ1n) is 5.80. The van der Waals surface area contributed by atoms with E-state index in [4.69, 9.17) is 21.5 Å². The van der Waals surface area contributed by atoms with Crippen LogP contribution in [-0.4, -0.2) is 24.8 Å². The van der Waals surface area contributed by atoms with Crippen LogP contribution in [0.3, 0.4) is 0 Å². The predicted octanol–water partition coefficient (Wildman–Crippen LogP) is 1.34. The quantitative estimate of drug-likeness (QED) is 0.902. The largest absolute Gasteiger partial charge is 0.492 e. The van der Waals surface area contributed by atoms with Gasteiger partial charge in [-0.1, -0.05) is 11.6 Å². The van der Waals surface area contributed by atoms with Crippen LogP contribution in [0.25, 0.3) is 0 Å². The minimum Gasteiger partial charge on any atom is -0.492 e. The van der Waals surface area contributed by atoms with E-state index in [0.717, 1.165) is 5.69 Å². The van der Waals surface area contributed by atoms with Crippen LogP contribution in [0.4, 0.5) is 0 Å². The monoisotopic (exact) mass is 315 g/mol. The van der Waals surface area contributed by atoms with Gasteiger partial charge in [0, 0.05) is 30.4 Å². The summed E-state index contributed by atoms with van der Waals surface area (Å²) >= 11 is 5.77. The van der Waals surface area contributed by atoms with Gasteiger partial charge in [-0.3, -0.25) is 4.68 Å². The Balaban J connectivity index is 2.12. The van der Waals surface area contributed by atoms with Gasteiger partial charge < -0.3 is 4.74 Å². The van der Waals surface area contributed by atoms with E-state index in [1.54, 1.807) is 16.9 Å². The summed E-state index contributed by atoms with van der Waals surface area (Å²) in [5.41, 5.74) is 0.983. The molecule has 0 saturated carbocycles. The van der Waals surface area contributed by atoms with Crippen molar-refractivity contribution in [2.45, 2.75) is 11.3 Å². The zero-order valence-electron chi connectivity index (χ0n) is 10.8. The number of halogens is 1. The van der Waals surface area contributed by atoms with Crippen LogP contribution in [-0.2, 0) is 23.5 Å². The molecule has 0 amide bonds. The maximum absolute atomic E-state index is 11.5. The molecule has 0 spiro atoms. The molecule has 108 valence electrons. The summed E-state index contributed by atoms with van der Waals surface area (Å²) in [5.74, 6) is 0.194. The molecule has 2 rings (SSSR count). The van der Waals surface area contributed by atoms with Crippen molar-refractivity contribution in [3.05, 3.63) is 41.2 Å². The van der Waals surface area contributed by atoms with E-state index in [0.29, 0.717) is 13.0 Å². The predicted molar refractivity (Wildman–Crippen MR) is 75.2 cm³/mol. The molecule has 1 heterocycles. The Bertz CT molecular complexity index is 712. The number of aromatic nitrogens is 2. The van der Waals surface area contributed by atoms with E-state index in [-0.39, 0.29) is 15.7 Å². The highest BCUT2D eigenvalue weighted by Crippen LogP contribution is 2.26. The molecule has 0 aliphatic rings. The van der Waals surface area contributed by atoms with Crippen LogP contribution in [0.2, 0.25) is 5.02 Å². The molecule has 0 unspecified atom stereocenters. The van der Waals surface area contributed by atoms with Gasteiger partial charge in [-0.15, -0.1) is 0 Å². The van der Waals surface area contributed by atoms with Gasteiger partial charge in [0.15, 0.2) is 0 Å². The first kappa shape index (κ1) is 14.8. The Morgan fingerprint density at radius 1 is 1.40 bits per heavy atom. The van der Waals surface area contributed by atoms with E-state index >= 15 is 0 Å². The third-order valence-electron chi connectivity index (χ3n) is 2.75. The zero-order valence-corrected chi connectivity index (χ0v) is 12.4. The number of benzene rings is 1. The molecule has 2 aromatic rings. The molecular formula is C12H14ClN3O3S. The first-order valence-corrected chi connectivity index (χ1v) is 7.72. The van der Waals surface area contributed by atoms with Crippen LogP contribution in [0.5, 0.6) is 5.75 Å². The number of nitrogens with zero attached hydrogens (tertiary/aromatic N) is 2. The highest BCUT2D eigenvalue weighted by Gasteiger charge is 2.16. The number of ether oxygens (including phenoxy) is 1. The normalized spacial score (nSPS) is 11.6. The molecular weight excluding hydrogens is 302 g/mol. The molecule has 0 saturated heterocycles. The third-order valence-corrected chi connectivity index (χ3v) is 3.92. The van der Waals surface area contributed by atoms with Gasteiger partial charge in [-0.05, 0) is 24.3 Å². The Hall–Kier alpha value is -1.57. The minimum absolute atomic E-state index is 0.116. The summed E-state index contributed by atoms with van der Waals surface area (Å²) in [4.78, 5) is -0.116. The van der Waals surface area contributed by atoms with Crippen LogP contribution in [0, 0.1) is 0 Å². The molecule has 0 bridgehead atoms. The Morgan fingerprint density at radius 3 is 2.75 bits per heavy atom. The average molecular weight is 316 g/mol. The van der Waals surface area contributed by atoms with Crippen molar-refractivity contribution in [2.24, 2.45) is 12.2 Å². The van der Waals surface area contributed by atoms with Gasteiger partial charge in [-0.25, -0.2) is 13.6 Å². The van der Waals surface area contributed by atoms with Gasteiger partial charge in [0.25, 0.3) is 0 Å². The third kappa shape index (κ3) is 3.50. The molecule has 20 heavy (non-hydrogen) atoms. The van der Waals surface area contributed by atoms with Crippen molar-refractivity contribution in [3.8, 4) is 5.75 Å². The minimum atomic E-state index is -3.88. The second-order valence-corrected chi connectivity index (χ2v) is 6.15. The molecule has 1 aromatic carbocycles. The average Bonchev–Trinajstić information content (AvgIpc) is 2.76. The molecule has 0 fully saturated rings. The second kappa shape index (κ2) is 5.82. The van der Waals surface area contributed by atoms with E-state index in [1.807, 2.05) is 13.1 Å². The fourth-order valence-corrected chi connectivity index (χ4v) is 2.67. The van der Waals surface area contributed by atoms with E-state index < -0.39 is 10.0 Å². The number of hydrogen-bond donors (Lipinski definition) is 1. The van der Waals surface area contributed by atoms with Gasteiger partial charge in [-0.2, -0.15) is 5.10 Å². The van der Waals surface area contributed by atoms with Crippen molar-refractivity contribution in [1.29, 1.82) is 0 Å². The van der Waals surface area contributed by atoms with Crippen LogP contribution < -0.4 is 9.88 Å². The number of hydrogen-bond acceptors (Lipinski definition) is 4. The van der Waals surface area contributed by atoms with E-state index in [1.165, 1.54) is 12.1 Å². The lowest BCUT2D eigenvalue weighted by Gasteiger charge is -2.10. The number of rotatable bonds is 5. The number of primary sulfonamides is 1. The maximum atomic E-state index is 11.5. The number of sulfonamides is 1. The fourth-order valence-electron chi connectivity index (χ4n) is 1.74. The molecule has 0 atom stereocenters. The van der Waals surface area contributed by atoms with Crippen LogP contribution in [0.15, 0.2) is 35.4 Å². The summed E-state index contributed by atoms with van der Waals surface area (Å²) in [6.45, 7) is 0.309. The summed E-state index contributed by atoms with van der Waals surface area (Å²) in [5, 5.41) is 9.46. The highest BCUT2D eigenvalue weighted by atomic mass is 35.5. The lowest BCUT2D eigenvalue weighted by molar-refractivity contribution is 0.310. The summed E-state index contributed by atoms with van der Waals surface area (Å²) in [6.07, 6.45) is 2.29. The SMILES string of the molecule is Cn1nccc1CCOc1ccc(Cl)cc1S(N)(=O)=O. The van der Waals surface area contributed by atoms with Crippen molar-refractivity contribution >= 4 is 21.6 Å². The van der Waals surface area contributed by atoms with Crippen molar-refractivity contribution < 1.29 is 13.2 Å². The fraction of sp³-hybridized carbons (Fsp3) is 0.250. The van der Waals surface area contributed by atoms with E-state index in [2.05, 4.69) is 5.10 Å². The summed E-state index contributed by atoms with van der Waals surface area (Å²) < 4.78 is 30.2. The van der Waals surface area contributed by atoms with E-state index in [9.17, 15) is 8.42 Å².